The van der Waals surface area contributed by atoms with E-state index in [0.717, 1.165) is 33.4 Å². The van der Waals surface area contributed by atoms with Gasteiger partial charge in [0, 0.05) is 23.7 Å². The van der Waals surface area contributed by atoms with Crippen molar-refractivity contribution < 1.29 is 0 Å². The topological polar surface area (TPSA) is 67.4 Å². The summed E-state index contributed by atoms with van der Waals surface area (Å²) in [4.78, 5) is 4.10. The van der Waals surface area contributed by atoms with Crippen LogP contribution in [-0.2, 0) is 5.75 Å². The van der Waals surface area contributed by atoms with E-state index in [4.69, 9.17) is 5.26 Å². The number of para-hydroxylation sites is 1. The van der Waals surface area contributed by atoms with E-state index in [9.17, 15) is 0 Å². The van der Waals surface area contributed by atoms with Crippen LogP contribution in [0.3, 0.4) is 0 Å². The van der Waals surface area contributed by atoms with Crippen LogP contribution in [0.25, 0.3) is 17.1 Å². The summed E-state index contributed by atoms with van der Waals surface area (Å²) in [5, 5.41) is 18.8. The van der Waals surface area contributed by atoms with Crippen molar-refractivity contribution in [1.29, 1.82) is 5.26 Å². The van der Waals surface area contributed by atoms with Gasteiger partial charge in [0.2, 0.25) is 0 Å². The van der Waals surface area contributed by atoms with Crippen LogP contribution in [0.2, 0.25) is 0 Å². The first kappa shape index (κ1) is 18.0. The van der Waals surface area contributed by atoms with Gasteiger partial charge < -0.3 is 0 Å². The number of thioether (sulfide) groups is 1. The number of nitrogens with zero attached hydrogens (tertiary/aromatic N) is 5. The molecule has 2 aromatic heterocycles. The SMILES string of the molecule is Cc1ccccc1-n1c(SCc2cccc(C#N)c2)nnc1-c1ccncc1. The van der Waals surface area contributed by atoms with Gasteiger partial charge in [-0.05, 0) is 48.4 Å². The highest BCUT2D eigenvalue weighted by Gasteiger charge is 2.17. The molecule has 2 heterocycles. The van der Waals surface area contributed by atoms with Crippen LogP contribution in [0.15, 0.2) is 78.2 Å². The Kier molecular flexibility index (Phi) is 5.18. The molecule has 0 N–H and O–H groups in total. The molecular formula is C22H17N5S. The lowest BCUT2D eigenvalue weighted by Gasteiger charge is -2.13. The molecule has 0 spiro atoms. The fraction of sp³-hybridized carbons (Fsp3) is 0.0909. The number of aromatic nitrogens is 4. The van der Waals surface area contributed by atoms with Crippen LogP contribution in [0, 0.1) is 18.3 Å². The smallest absolute Gasteiger partial charge is 0.196 e. The number of benzene rings is 2. The molecule has 6 heteroatoms. The number of hydrogen-bond acceptors (Lipinski definition) is 5. The van der Waals surface area contributed by atoms with Gasteiger partial charge in [-0.3, -0.25) is 9.55 Å². The molecule has 28 heavy (non-hydrogen) atoms. The van der Waals surface area contributed by atoms with Crippen LogP contribution in [0.5, 0.6) is 0 Å². The lowest BCUT2D eigenvalue weighted by molar-refractivity contribution is 0.880. The third-order valence-electron chi connectivity index (χ3n) is 4.35. The van der Waals surface area contributed by atoms with Gasteiger partial charge in [0.1, 0.15) is 0 Å². The van der Waals surface area contributed by atoms with E-state index in [0.29, 0.717) is 11.3 Å². The molecule has 4 aromatic rings. The standard InChI is InChI=1S/C22H17N5S/c1-16-5-2-3-8-20(16)27-21(19-9-11-24-12-10-19)25-26-22(27)28-15-18-7-4-6-17(13-18)14-23/h2-13H,15H2,1H3. The number of hydrogen-bond donors (Lipinski definition) is 0. The Hall–Kier alpha value is -3.43. The van der Waals surface area contributed by atoms with E-state index >= 15 is 0 Å². The van der Waals surface area contributed by atoms with Crippen LogP contribution < -0.4 is 0 Å². The average Bonchev–Trinajstić information content (AvgIpc) is 3.17. The van der Waals surface area contributed by atoms with Crippen molar-refractivity contribution in [2.45, 2.75) is 17.8 Å². The Labute approximate surface area is 167 Å². The zero-order valence-corrected chi connectivity index (χ0v) is 16.1. The van der Waals surface area contributed by atoms with Gasteiger partial charge in [-0.15, -0.1) is 10.2 Å². The molecule has 5 nitrogen and oxygen atoms in total. The van der Waals surface area contributed by atoms with Crippen LogP contribution >= 0.6 is 11.8 Å². The summed E-state index contributed by atoms with van der Waals surface area (Å²) < 4.78 is 2.09. The zero-order chi connectivity index (χ0) is 19.3. The second-order valence-corrected chi connectivity index (χ2v) is 7.21. The van der Waals surface area contributed by atoms with Crippen molar-refractivity contribution in [3.8, 4) is 23.1 Å². The number of rotatable bonds is 5. The van der Waals surface area contributed by atoms with Gasteiger partial charge >= 0.3 is 0 Å². The first-order valence-corrected chi connectivity index (χ1v) is 9.78. The summed E-state index contributed by atoms with van der Waals surface area (Å²) in [5.41, 5.74) is 4.90. The third-order valence-corrected chi connectivity index (χ3v) is 5.35. The molecule has 0 aliphatic heterocycles. The van der Waals surface area contributed by atoms with Gasteiger partial charge in [-0.25, -0.2) is 0 Å². The number of pyridine rings is 1. The minimum atomic E-state index is 0.663. The van der Waals surface area contributed by atoms with E-state index in [1.54, 1.807) is 24.2 Å². The Balaban J connectivity index is 1.74. The molecular weight excluding hydrogens is 366 g/mol. The number of nitriles is 1. The van der Waals surface area contributed by atoms with Crippen molar-refractivity contribution in [3.05, 3.63) is 89.7 Å². The minimum absolute atomic E-state index is 0.663. The highest BCUT2D eigenvalue weighted by molar-refractivity contribution is 7.98. The second kappa shape index (κ2) is 8.07. The first-order valence-electron chi connectivity index (χ1n) is 8.80. The second-order valence-electron chi connectivity index (χ2n) is 6.26. The molecule has 0 unspecified atom stereocenters. The van der Waals surface area contributed by atoms with E-state index in [-0.39, 0.29) is 0 Å². The molecule has 0 fully saturated rings. The van der Waals surface area contributed by atoms with Gasteiger partial charge in [0.15, 0.2) is 11.0 Å². The van der Waals surface area contributed by atoms with Crippen molar-refractivity contribution in [2.24, 2.45) is 0 Å². The van der Waals surface area contributed by atoms with E-state index in [1.807, 2.05) is 48.5 Å². The lowest BCUT2D eigenvalue weighted by atomic mass is 10.2. The summed E-state index contributed by atoms with van der Waals surface area (Å²) >= 11 is 1.60. The zero-order valence-electron chi connectivity index (χ0n) is 15.3. The summed E-state index contributed by atoms with van der Waals surface area (Å²) in [7, 11) is 0. The Morgan fingerprint density at radius 3 is 2.61 bits per heavy atom. The molecule has 0 amide bonds. The molecule has 136 valence electrons. The maximum Gasteiger partial charge on any atom is 0.196 e. The lowest BCUT2D eigenvalue weighted by Crippen LogP contribution is -2.02. The van der Waals surface area contributed by atoms with Crippen molar-refractivity contribution in [1.82, 2.24) is 19.7 Å². The molecule has 0 saturated heterocycles. The molecule has 0 atom stereocenters. The van der Waals surface area contributed by atoms with Crippen LogP contribution in [0.4, 0.5) is 0 Å². The minimum Gasteiger partial charge on any atom is -0.270 e. The fourth-order valence-electron chi connectivity index (χ4n) is 2.96. The van der Waals surface area contributed by atoms with Crippen LogP contribution in [0.1, 0.15) is 16.7 Å². The summed E-state index contributed by atoms with van der Waals surface area (Å²) in [5.74, 6) is 1.49. The van der Waals surface area contributed by atoms with Crippen molar-refractivity contribution >= 4 is 11.8 Å². The quantitative estimate of drug-likeness (QED) is 0.463. The Morgan fingerprint density at radius 2 is 1.82 bits per heavy atom. The van der Waals surface area contributed by atoms with E-state index in [2.05, 4.69) is 44.9 Å². The average molecular weight is 383 g/mol. The highest BCUT2D eigenvalue weighted by atomic mass is 32.2. The monoisotopic (exact) mass is 383 g/mol. The third kappa shape index (κ3) is 3.66. The van der Waals surface area contributed by atoms with Gasteiger partial charge in [0.05, 0.1) is 17.3 Å². The summed E-state index contributed by atoms with van der Waals surface area (Å²) in [6.07, 6.45) is 3.51. The number of aryl methyl sites for hydroxylation is 1. The Bertz CT molecular complexity index is 1150. The predicted molar refractivity (Wildman–Crippen MR) is 110 cm³/mol. The molecule has 0 bridgehead atoms. The molecule has 2 aromatic carbocycles. The highest BCUT2D eigenvalue weighted by Crippen LogP contribution is 2.30. The molecule has 0 radical (unpaired) electrons. The predicted octanol–water partition coefficient (Wildman–Crippen LogP) is 4.80. The molecule has 4 rings (SSSR count). The largest absolute Gasteiger partial charge is 0.270 e. The van der Waals surface area contributed by atoms with Crippen molar-refractivity contribution in [3.63, 3.8) is 0 Å². The van der Waals surface area contributed by atoms with Gasteiger partial charge in [0.25, 0.3) is 0 Å². The van der Waals surface area contributed by atoms with Crippen molar-refractivity contribution in [2.75, 3.05) is 0 Å². The Morgan fingerprint density at radius 1 is 1.00 bits per heavy atom. The normalized spacial score (nSPS) is 10.6. The van der Waals surface area contributed by atoms with Crippen LogP contribution in [-0.4, -0.2) is 19.7 Å². The maximum absolute atomic E-state index is 9.11. The maximum atomic E-state index is 9.11. The molecule has 0 aliphatic carbocycles. The van der Waals surface area contributed by atoms with Gasteiger partial charge in [-0.2, -0.15) is 5.26 Å². The summed E-state index contributed by atoms with van der Waals surface area (Å²) in [6.45, 7) is 2.08. The summed E-state index contributed by atoms with van der Waals surface area (Å²) in [6, 6.07) is 21.9. The molecule has 0 saturated carbocycles. The van der Waals surface area contributed by atoms with Gasteiger partial charge in [-0.1, -0.05) is 42.1 Å². The molecule has 0 aliphatic rings. The van der Waals surface area contributed by atoms with E-state index < -0.39 is 0 Å². The fourth-order valence-corrected chi connectivity index (χ4v) is 3.85. The van der Waals surface area contributed by atoms with E-state index in [1.165, 1.54) is 0 Å². The first-order chi connectivity index (χ1) is 13.8.